The van der Waals surface area contributed by atoms with Crippen molar-refractivity contribution in [3.8, 4) is 0 Å². The van der Waals surface area contributed by atoms with Gasteiger partial charge >= 0.3 is 0 Å². The van der Waals surface area contributed by atoms with E-state index in [9.17, 15) is 4.79 Å². The van der Waals surface area contributed by atoms with Crippen LogP contribution < -0.4 is 16.0 Å². The average Bonchev–Trinajstić information content (AvgIpc) is 3.06. The summed E-state index contributed by atoms with van der Waals surface area (Å²) in [6.45, 7) is 4.68. The van der Waals surface area contributed by atoms with E-state index in [1.807, 2.05) is 0 Å². The maximum atomic E-state index is 12.1. The van der Waals surface area contributed by atoms with Crippen LogP contribution in [0.1, 0.15) is 38.2 Å². The predicted molar refractivity (Wildman–Crippen MR) is 97.8 cm³/mol. The lowest BCUT2D eigenvalue weighted by Gasteiger charge is -2.13. The van der Waals surface area contributed by atoms with Gasteiger partial charge in [0.25, 0.3) is 0 Å². The van der Waals surface area contributed by atoms with Crippen molar-refractivity contribution in [3.05, 3.63) is 29.8 Å². The highest BCUT2D eigenvalue weighted by Gasteiger charge is 2.28. The van der Waals surface area contributed by atoms with E-state index in [2.05, 4.69) is 53.4 Å². The van der Waals surface area contributed by atoms with Crippen molar-refractivity contribution < 1.29 is 4.79 Å². The van der Waals surface area contributed by atoms with Gasteiger partial charge < -0.3 is 16.0 Å². The summed E-state index contributed by atoms with van der Waals surface area (Å²) in [7, 11) is 0. The van der Waals surface area contributed by atoms with Crippen molar-refractivity contribution in [2.45, 2.75) is 56.1 Å². The highest BCUT2D eigenvalue weighted by atomic mass is 32.2. The number of amides is 1. The highest BCUT2D eigenvalue weighted by Crippen LogP contribution is 2.15. The molecule has 1 saturated heterocycles. The zero-order valence-electron chi connectivity index (χ0n) is 14.2. The third kappa shape index (κ3) is 6.16. The fourth-order valence-corrected chi connectivity index (χ4v) is 3.21. The first kappa shape index (κ1) is 18.3. The molecule has 0 aliphatic carbocycles. The topological polar surface area (TPSA) is 53.2 Å². The summed E-state index contributed by atoms with van der Waals surface area (Å²) >= 11 is 1.76. The second-order valence-electron chi connectivity index (χ2n) is 6.12. The molecule has 0 radical (unpaired) electrons. The molecule has 0 spiro atoms. The van der Waals surface area contributed by atoms with E-state index in [0.29, 0.717) is 6.04 Å². The van der Waals surface area contributed by atoms with E-state index in [1.54, 1.807) is 11.8 Å². The Morgan fingerprint density at radius 2 is 2.09 bits per heavy atom. The number of thioether (sulfide) groups is 1. The Hall–Kier alpha value is -1.04. The first-order valence-electron chi connectivity index (χ1n) is 8.60. The van der Waals surface area contributed by atoms with Gasteiger partial charge in [-0.25, -0.2) is 0 Å². The van der Waals surface area contributed by atoms with E-state index >= 15 is 0 Å². The van der Waals surface area contributed by atoms with Gasteiger partial charge in [-0.2, -0.15) is 0 Å². The molecule has 1 aliphatic heterocycles. The molecular weight excluding hydrogens is 306 g/mol. The number of benzene rings is 1. The summed E-state index contributed by atoms with van der Waals surface area (Å²) < 4.78 is 0. The van der Waals surface area contributed by atoms with Crippen molar-refractivity contribution >= 4 is 17.7 Å². The van der Waals surface area contributed by atoms with Crippen molar-refractivity contribution in [2.24, 2.45) is 0 Å². The Morgan fingerprint density at radius 3 is 2.78 bits per heavy atom. The van der Waals surface area contributed by atoms with Crippen LogP contribution in [0, 0.1) is 0 Å². The van der Waals surface area contributed by atoms with Crippen molar-refractivity contribution in [1.29, 1.82) is 0 Å². The Morgan fingerprint density at radius 1 is 1.30 bits per heavy atom. The minimum Gasteiger partial charge on any atom is -0.355 e. The molecule has 2 rings (SSSR count). The Labute approximate surface area is 144 Å². The van der Waals surface area contributed by atoms with Gasteiger partial charge in [-0.1, -0.05) is 31.9 Å². The minimum atomic E-state index is -0.0482. The lowest BCUT2D eigenvalue weighted by atomic mass is 10.1. The Bertz CT molecular complexity index is 478. The first-order valence-corrected chi connectivity index (χ1v) is 9.82. The molecule has 0 bridgehead atoms. The second kappa shape index (κ2) is 9.96. The van der Waals surface area contributed by atoms with Crippen LogP contribution in [-0.4, -0.2) is 37.3 Å². The number of rotatable bonds is 9. The van der Waals surface area contributed by atoms with Crippen molar-refractivity contribution in [2.75, 3.05) is 19.3 Å². The van der Waals surface area contributed by atoms with E-state index in [0.717, 1.165) is 32.5 Å². The number of unbranched alkanes of at least 4 members (excludes halogenated alkanes) is 2. The van der Waals surface area contributed by atoms with Gasteiger partial charge in [0.1, 0.15) is 0 Å². The zero-order chi connectivity index (χ0) is 16.5. The standard InChI is InChI=1S/C18H29N3OS/c1-3-4-5-10-19-18(22)17-11-15(13-21-17)20-12-14-6-8-16(23-2)9-7-14/h6-9,15,17,20-21H,3-5,10-13H2,1-2H3,(H,19,22). The lowest BCUT2D eigenvalue weighted by Crippen LogP contribution is -2.40. The van der Waals surface area contributed by atoms with Crippen LogP contribution in [0.4, 0.5) is 0 Å². The molecule has 1 aromatic rings. The van der Waals surface area contributed by atoms with Gasteiger partial charge in [0.2, 0.25) is 5.91 Å². The van der Waals surface area contributed by atoms with Gasteiger partial charge in [-0.05, 0) is 36.8 Å². The lowest BCUT2D eigenvalue weighted by molar-refractivity contribution is -0.122. The third-order valence-electron chi connectivity index (χ3n) is 4.28. The monoisotopic (exact) mass is 335 g/mol. The molecule has 5 heteroatoms. The SMILES string of the molecule is CCCCCNC(=O)C1CC(NCc2ccc(SC)cc2)CN1. The molecule has 4 nitrogen and oxygen atoms in total. The van der Waals surface area contributed by atoms with E-state index in [-0.39, 0.29) is 11.9 Å². The average molecular weight is 336 g/mol. The van der Waals surface area contributed by atoms with Gasteiger partial charge in [0.15, 0.2) is 0 Å². The molecule has 128 valence electrons. The van der Waals surface area contributed by atoms with Crippen LogP contribution >= 0.6 is 11.8 Å². The molecule has 2 unspecified atom stereocenters. The van der Waals surface area contributed by atoms with Crippen molar-refractivity contribution in [1.82, 2.24) is 16.0 Å². The summed E-state index contributed by atoms with van der Waals surface area (Å²) in [5, 5.41) is 9.91. The summed E-state index contributed by atoms with van der Waals surface area (Å²) in [5.74, 6) is 0.148. The zero-order valence-corrected chi connectivity index (χ0v) is 15.0. The smallest absolute Gasteiger partial charge is 0.237 e. The fraction of sp³-hybridized carbons (Fsp3) is 0.611. The van der Waals surface area contributed by atoms with Crippen LogP contribution in [0.3, 0.4) is 0 Å². The number of nitrogens with one attached hydrogen (secondary N) is 3. The molecule has 1 fully saturated rings. The molecule has 3 N–H and O–H groups in total. The largest absolute Gasteiger partial charge is 0.355 e. The van der Waals surface area contributed by atoms with Crippen LogP contribution in [0.15, 0.2) is 29.2 Å². The molecule has 1 heterocycles. The van der Waals surface area contributed by atoms with Gasteiger partial charge in [0.05, 0.1) is 6.04 Å². The molecule has 0 aromatic heterocycles. The maximum absolute atomic E-state index is 12.1. The van der Waals surface area contributed by atoms with E-state index in [4.69, 9.17) is 0 Å². The Balaban J connectivity index is 1.67. The highest BCUT2D eigenvalue weighted by molar-refractivity contribution is 7.98. The third-order valence-corrected chi connectivity index (χ3v) is 5.02. The van der Waals surface area contributed by atoms with E-state index < -0.39 is 0 Å². The van der Waals surface area contributed by atoms with Gasteiger partial charge in [-0.15, -0.1) is 11.8 Å². The number of hydrogen-bond donors (Lipinski definition) is 3. The van der Waals surface area contributed by atoms with Crippen LogP contribution in [0.5, 0.6) is 0 Å². The summed E-state index contributed by atoms with van der Waals surface area (Å²) in [6.07, 6.45) is 6.38. The fourth-order valence-electron chi connectivity index (χ4n) is 2.81. The van der Waals surface area contributed by atoms with E-state index in [1.165, 1.54) is 23.3 Å². The first-order chi connectivity index (χ1) is 11.2. The summed E-state index contributed by atoms with van der Waals surface area (Å²) in [6, 6.07) is 8.95. The number of carbonyl (C=O) groups excluding carboxylic acids is 1. The number of hydrogen-bond acceptors (Lipinski definition) is 4. The molecule has 1 aliphatic rings. The van der Waals surface area contributed by atoms with Gasteiger partial charge in [-0.3, -0.25) is 4.79 Å². The van der Waals surface area contributed by atoms with Crippen LogP contribution in [0.25, 0.3) is 0 Å². The molecule has 23 heavy (non-hydrogen) atoms. The predicted octanol–water partition coefficient (Wildman–Crippen LogP) is 2.54. The molecule has 2 atom stereocenters. The quantitative estimate of drug-likeness (QED) is 0.479. The molecule has 0 saturated carbocycles. The van der Waals surface area contributed by atoms with Crippen LogP contribution in [-0.2, 0) is 11.3 Å². The maximum Gasteiger partial charge on any atom is 0.237 e. The minimum absolute atomic E-state index is 0.0482. The number of carbonyl (C=O) groups is 1. The molecular formula is C18H29N3OS. The molecule has 1 aromatic carbocycles. The van der Waals surface area contributed by atoms with Gasteiger partial charge in [0, 0.05) is 30.6 Å². The second-order valence-corrected chi connectivity index (χ2v) is 7.00. The summed E-state index contributed by atoms with van der Waals surface area (Å²) in [5.41, 5.74) is 1.29. The van der Waals surface area contributed by atoms with Crippen LogP contribution in [0.2, 0.25) is 0 Å². The molecule has 1 amide bonds. The van der Waals surface area contributed by atoms with Crippen molar-refractivity contribution in [3.63, 3.8) is 0 Å². The summed E-state index contributed by atoms with van der Waals surface area (Å²) in [4.78, 5) is 13.4. The normalized spacial score (nSPS) is 20.6. The Kier molecular flexibility index (Phi) is 7.92.